The number of carbonyl (C=O) groups excluding carboxylic acids is 1. The molecular formula is C21H22ClN5O3. The van der Waals surface area contributed by atoms with Crippen LogP contribution < -0.4 is 15.4 Å². The zero-order valence-electron chi connectivity index (χ0n) is 16.6. The number of amides is 1. The Hall–Kier alpha value is -3.10. The van der Waals surface area contributed by atoms with Crippen LogP contribution in [0, 0.1) is 0 Å². The molecule has 0 unspecified atom stereocenters. The molecule has 156 valence electrons. The number of hydrogen-bond acceptors (Lipinski definition) is 6. The molecule has 0 radical (unpaired) electrons. The van der Waals surface area contributed by atoms with Gasteiger partial charge in [-0.15, -0.1) is 5.10 Å². The van der Waals surface area contributed by atoms with Gasteiger partial charge in [-0.2, -0.15) is 4.98 Å². The van der Waals surface area contributed by atoms with E-state index in [2.05, 4.69) is 20.7 Å². The Kier molecular flexibility index (Phi) is 5.87. The monoisotopic (exact) mass is 427 g/mol. The van der Waals surface area contributed by atoms with E-state index in [9.17, 15) is 4.79 Å². The van der Waals surface area contributed by atoms with Crippen LogP contribution in [0.2, 0.25) is 5.02 Å². The first-order valence-electron chi connectivity index (χ1n) is 9.48. The third-order valence-electron chi connectivity index (χ3n) is 4.99. The molecule has 0 bridgehead atoms. The van der Waals surface area contributed by atoms with Gasteiger partial charge in [-0.3, -0.25) is 10.1 Å². The first kappa shape index (κ1) is 20.2. The highest BCUT2D eigenvalue weighted by atomic mass is 35.5. The molecule has 9 heteroatoms. The van der Waals surface area contributed by atoms with E-state index in [4.69, 9.17) is 21.1 Å². The van der Waals surface area contributed by atoms with E-state index in [1.165, 1.54) is 7.11 Å². The molecular weight excluding hydrogens is 406 g/mol. The molecule has 8 nitrogen and oxygen atoms in total. The Morgan fingerprint density at radius 2 is 1.87 bits per heavy atom. The maximum absolute atomic E-state index is 11.9. The van der Waals surface area contributed by atoms with Crippen LogP contribution in [-0.4, -0.2) is 41.5 Å². The van der Waals surface area contributed by atoms with Crippen molar-refractivity contribution in [3.05, 3.63) is 64.7 Å². The van der Waals surface area contributed by atoms with E-state index >= 15 is 0 Å². The van der Waals surface area contributed by atoms with Gasteiger partial charge in [0.2, 0.25) is 5.95 Å². The quantitative estimate of drug-likeness (QED) is 0.623. The molecule has 2 aromatic carbocycles. The average molecular weight is 428 g/mol. The lowest BCUT2D eigenvalue weighted by molar-refractivity contribution is -0.119. The fourth-order valence-electron chi connectivity index (χ4n) is 3.54. The summed E-state index contributed by atoms with van der Waals surface area (Å²) in [7, 11) is 3.10. The largest absolute Gasteiger partial charge is 0.497 e. The van der Waals surface area contributed by atoms with Gasteiger partial charge in [-0.05, 0) is 41.8 Å². The minimum absolute atomic E-state index is 0.00796. The zero-order chi connectivity index (χ0) is 21.1. The number of methoxy groups -OCH3 is 2. The number of anilines is 2. The second kappa shape index (κ2) is 8.73. The Morgan fingerprint density at radius 3 is 2.53 bits per heavy atom. The van der Waals surface area contributed by atoms with E-state index in [0.29, 0.717) is 11.0 Å². The van der Waals surface area contributed by atoms with Crippen molar-refractivity contribution in [2.75, 3.05) is 31.5 Å². The predicted octanol–water partition coefficient (Wildman–Crippen LogP) is 3.67. The van der Waals surface area contributed by atoms with Gasteiger partial charge in [0.15, 0.2) is 0 Å². The van der Waals surface area contributed by atoms with Crippen LogP contribution in [0.25, 0.3) is 0 Å². The number of carbonyl (C=O) groups is 1. The maximum atomic E-state index is 11.9. The second-order valence-corrected chi connectivity index (χ2v) is 7.39. The van der Waals surface area contributed by atoms with Crippen LogP contribution in [-0.2, 0) is 9.53 Å². The molecule has 2 heterocycles. The third kappa shape index (κ3) is 4.24. The number of nitrogens with one attached hydrogen (secondary N) is 2. The van der Waals surface area contributed by atoms with Crippen LogP contribution in [0.15, 0.2) is 48.5 Å². The van der Waals surface area contributed by atoms with Crippen molar-refractivity contribution < 1.29 is 14.3 Å². The van der Waals surface area contributed by atoms with Crippen LogP contribution >= 0.6 is 11.6 Å². The number of halogens is 1. The summed E-state index contributed by atoms with van der Waals surface area (Å²) >= 11 is 6.05. The summed E-state index contributed by atoms with van der Waals surface area (Å²) < 4.78 is 11.9. The second-order valence-electron chi connectivity index (χ2n) is 6.96. The molecule has 0 fully saturated rings. The summed E-state index contributed by atoms with van der Waals surface area (Å²) in [5, 5.41) is 11.3. The van der Waals surface area contributed by atoms with Gasteiger partial charge in [0.1, 0.15) is 12.4 Å². The normalized spacial score (nSPS) is 17.7. The van der Waals surface area contributed by atoms with E-state index in [0.717, 1.165) is 23.3 Å². The smallest absolute Gasteiger partial charge is 0.252 e. The van der Waals surface area contributed by atoms with Crippen LogP contribution in [0.4, 0.5) is 11.9 Å². The van der Waals surface area contributed by atoms with Gasteiger partial charge in [-0.25, -0.2) is 4.68 Å². The molecule has 0 saturated carbocycles. The Bertz CT molecular complexity index is 1020. The highest BCUT2D eigenvalue weighted by molar-refractivity contribution is 6.30. The molecule has 0 aliphatic carbocycles. The molecule has 2 atom stereocenters. The molecule has 2 N–H and O–H groups in total. The van der Waals surface area contributed by atoms with Gasteiger partial charge in [0, 0.05) is 12.1 Å². The van der Waals surface area contributed by atoms with Crippen molar-refractivity contribution in [1.82, 2.24) is 14.8 Å². The Morgan fingerprint density at radius 1 is 1.17 bits per heavy atom. The maximum Gasteiger partial charge on any atom is 0.252 e. The van der Waals surface area contributed by atoms with Gasteiger partial charge in [-0.1, -0.05) is 35.9 Å². The minimum Gasteiger partial charge on any atom is -0.497 e. The number of ether oxygens (including phenoxy) is 2. The van der Waals surface area contributed by atoms with E-state index < -0.39 is 0 Å². The van der Waals surface area contributed by atoms with Gasteiger partial charge >= 0.3 is 0 Å². The van der Waals surface area contributed by atoms with E-state index in [1.807, 2.05) is 48.5 Å². The third-order valence-corrected chi connectivity index (χ3v) is 5.24. The van der Waals surface area contributed by atoms with Crippen molar-refractivity contribution in [2.45, 2.75) is 18.5 Å². The first-order chi connectivity index (χ1) is 14.6. The molecule has 0 spiro atoms. The van der Waals surface area contributed by atoms with Crippen LogP contribution in [0.1, 0.15) is 29.6 Å². The lowest BCUT2D eigenvalue weighted by Crippen LogP contribution is -2.28. The predicted molar refractivity (Wildman–Crippen MR) is 114 cm³/mol. The van der Waals surface area contributed by atoms with Gasteiger partial charge in [0.25, 0.3) is 11.9 Å². The molecule has 1 aliphatic rings. The van der Waals surface area contributed by atoms with Crippen molar-refractivity contribution in [3.8, 4) is 5.75 Å². The van der Waals surface area contributed by atoms with Crippen LogP contribution in [0.3, 0.4) is 0 Å². The Balaban J connectivity index is 1.68. The molecule has 1 aromatic heterocycles. The minimum atomic E-state index is -0.310. The average Bonchev–Trinajstić information content (AvgIpc) is 3.16. The topological polar surface area (TPSA) is 90.3 Å². The lowest BCUT2D eigenvalue weighted by atomic mass is 9.93. The van der Waals surface area contributed by atoms with Gasteiger partial charge < -0.3 is 14.8 Å². The van der Waals surface area contributed by atoms with Crippen LogP contribution in [0.5, 0.6) is 5.75 Å². The summed E-state index contributed by atoms with van der Waals surface area (Å²) in [6, 6.07) is 15.6. The van der Waals surface area contributed by atoms with E-state index in [1.54, 1.807) is 11.8 Å². The van der Waals surface area contributed by atoms with Crippen molar-refractivity contribution in [2.24, 2.45) is 0 Å². The summed E-state index contributed by atoms with van der Waals surface area (Å²) in [5.74, 6) is 1.29. The number of hydrogen-bond donors (Lipinski definition) is 2. The Labute approximate surface area is 179 Å². The lowest BCUT2D eigenvalue weighted by Gasteiger charge is -2.31. The number of benzene rings is 2. The number of fused-ring (bicyclic) bond motifs is 1. The van der Waals surface area contributed by atoms with E-state index in [-0.39, 0.29) is 30.5 Å². The summed E-state index contributed by atoms with van der Waals surface area (Å²) in [5.41, 5.74) is 2.16. The number of rotatable bonds is 6. The SMILES string of the molecule is COCC(=O)Nc1nc2n(n1)[C@H](c1ccc(OC)cc1)C[C@H](c1ccc(Cl)cc1)N2. The number of aromatic nitrogens is 3. The zero-order valence-corrected chi connectivity index (χ0v) is 17.4. The fourth-order valence-corrected chi connectivity index (χ4v) is 3.67. The highest BCUT2D eigenvalue weighted by Gasteiger charge is 2.31. The van der Waals surface area contributed by atoms with Crippen molar-refractivity contribution in [3.63, 3.8) is 0 Å². The summed E-state index contributed by atoms with van der Waals surface area (Å²) in [6.45, 7) is -0.0629. The molecule has 3 aromatic rings. The molecule has 1 aliphatic heterocycles. The molecule has 4 rings (SSSR count). The molecule has 1 amide bonds. The summed E-state index contributed by atoms with van der Waals surface area (Å²) in [4.78, 5) is 16.4. The molecule has 0 saturated heterocycles. The highest BCUT2D eigenvalue weighted by Crippen LogP contribution is 2.38. The van der Waals surface area contributed by atoms with Gasteiger partial charge in [0.05, 0.1) is 19.2 Å². The molecule has 30 heavy (non-hydrogen) atoms. The first-order valence-corrected chi connectivity index (χ1v) is 9.86. The fraction of sp³-hybridized carbons (Fsp3) is 0.286. The van der Waals surface area contributed by atoms with Crippen molar-refractivity contribution in [1.29, 1.82) is 0 Å². The van der Waals surface area contributed by atoms with Crippen molar-refractivity contribution >= 4 is 29.4 Å². The standard InChI is InChI=1S/C21H22ClN5O3/c1-29-12-19(28)24-20-25-21-23-17(13-3-7-15(22)8-4-13)11-18(27(21)26-20)14-5-9-16(30-2)10-6-14/h3-10,17-18H,11-12H2,1-2H3,(H2,23,24,25,26,28)/t17-,18+/m1/s1. The number of nitrogens with zero attached hydrogens (tertiary/aromatic N) is 3. The summed E-state index contributed by atoms with van der Waals surface area (Å²) in [6.07, 6.45) is 0.746.